The van der Waals surface area contributed by atoms with E-state index < -0.39 is 17.7 Å². The van der Waals surface area contributed by atoms with Gasteiger partial charge in [0.15, 0.2) is 11.6 Å². The Morgan fingerprint density at radius 1 is 1.06 bits per heavy atom. The maximum atomic E-state index is 14.0. The first kappa shape index (κ1) is 24.6. The molecule has 0 spiro atoms. The minimum absolute atomic E-state index is 0.236. The van der Waals surface area contributed by atoms with Crippen LogP contribution in [0.4, 0.5) is 19.4 Å². The zero-order valence-electron chi connectivity index (χ0n) is 19.9. The summed E-state index contributed by atoms with van der Waals surface area (Å²) in [4.78, 5) is 28.1. The first-order valence-corrected chi connectivity index (χ1v) is 11.3. The van der Waals surface area contributed by atoms with Crippen LogP contribution in [0.2, 0.25) is 0 Å². The van der Waals surface area contributed by atoms with Crippen molar-refractivity contribution < 1.29 is 18.3 Å². The van der Waals surface area contributed by atoms with E-state index in [0.29, 0.717) is 48.7 Å². The van der Waals surface area contributed by atoms with Crippen LogP contribution in [-0.4, -0.2) is 59.7 Å². The summed E-state index contributed by atoms with van der Waals surface area (Å²) in [6, 6.07) is 12.1. The lowest BCUT2D eigenvalue weighted by Gasteiger charge is -2.21. The van der Waals surface area contributed by atoms with Crippen molar-refractivity contribution in [3.63, 3.8) is 0 Å². The minimum atomic E-state index is -0.923. The fraction of sp³-hybridized carbons (Fsp3) is 0.360. The average molecular weight is 486 g/mol. The average Bonchev–Trinajstić information content (AvgIpc) is 3.34. The molecule has 2 atom stereocenters. The number of ether oxygens (including phenoxy) is 1. The number of hydrogen-bond donors (Lipinski definition) is 2. The van der Waals surface area contributed by atoms with Gasteiger partial charge in [-0.25, -0.2) is 13.6 Å². The molecule has 4 rings (SSSR count). The first-order chi connectivity index (χ1) is 16.8. The van der Waals surface area contributed by atoms with E-state index in [1.807, 2.05) is 30.3 Å². The molecule has 0 radical (unpaired) electrons. The van der Waals surface area contributed by atoms with Crippen molar-refractivity contribution in [2.45, 2.75) is 12.0 Å². The molecule has 1 saturated heterocycles. The predicted molar refractivity (Wildman–Crippen MR) is 129 cm³/mol. The highest BCUT2D eigenvalue weighted by molar-refractivity contribution is 5.93. The summed E-state index contributed by atoms with van der Waals surface area (Å²) in [7, 11) is 4.93. The number of methoxy groups -OCH3 is 1. The monoisotopic (exact) mass is 485 g/mol. The fourth-order valence-electron chi connectivity index (χ4n) is 4.55. The van der Waals surface area contributed by atoms with Gasteiger partial charge in [-0.05, 0) is 23.3 Å². The molecule has 0 bridgehead atoms. The van der Waals surface area contributed by atoms with Crippen molar-refractivity contribution in [2.24, 2.45) is 14.1 Å². The zero-order valence-corrected chi connectivity index (χ0v) is 19.9. The summed E-state index contributed by atoms with van der Waals surface area (Å²) in [5.41, 5.74) is 1.44. The molecule has 2 unspecified atom stereocenters. The predicted octanol–water partition coefficient (Wildman–Crippen LogP) is 2.90. The zero-order chi connectivity index (χ0) is 25.1. The van der Waals surface area contributed by atoms with Crippen molar-refractivity contribution in [2.75, 3.05) is 38.7 Å². The standard InChI is InChI=1S/C25H29F2N5O3/c1-30-23(22(24(33)31(30)2)16-7-5-4-6-8-16)29-25(34)28-21-15-32(11-12-35-3)14-18(21)17-9-10-19(26)20(27)13-17/h4-10,13,18,21H,11-12,14-15H2,1-3H3,(H2,28,29,34). The summed E-state index contributed by atoms with van der Waals surface area (Å²) < 4.78 is 35.6. The highest BCUT2D eigenvalue weighted by Gasteiger charge is 2.35. The van der Waals surface area contributed by atoms with Gasteiger partial charge in [-0.15, -0.1) is 0 Å². The van der Waals surface area contributed by atoms with Gasteiger partial charge in [0, 0.05) is 46.8 Å². The van der Waals surface area contributed by atoms with Crippen LogP contribution < -0.4 is 16.2 Å². The molecule has 0 aliphatic carbocycles. The highest BCUT2D eigenvalue weighted by atomic mass is 19.2. The number of amides is 2. The minimum Gasteiger partial charge on any atom is -0.383 e. The second-order valence-corrected chi connectivity index (χ2v) is 8.68. The molecule has 2 heterocycles. The molecule has 8 nitrogen and oxygen atoms in total. The maximum absolute atomic E-state index is 14.0. The molecule has 3 aromatic rings. The van der Waals surface area contributed by atoms with Gasteiger partial charge in [0.2, 0.25) is 0 Å². The lowest BCUT2D eigenvalue weighted by molar-refractivity contribution is 0.159. The molecule has 2 N–H and O–H groups in total. The lowest BCUT2D eigenvalue weighted by atomic mass is 9.94. The second-order valence-electron chi connectivity index (χ2n) is 8.68. The summed E-state index contributed by atoms with van der Waals surface area (Å²) in [5.74, 6) is -1.72. The summed E-state index contributed by atoms with van der Waals surface area (Å²) in [6.45, 7) is 2.22. The van der Waals surface area contributed by atoms with E-state index >= 15 is 0 Å². The number of halogens is 2. The molecule has 10 heteroatoms. The Morgan fingerprint density at radius 2 is 1.80 bits per heavy atom. The number of urea groups is 1. The Kier molecular flexibility index (Phi) is 7.32. The third-order valence-corrected chi connectivity index (χ3v) is 6.51. The van der Waals surface area contributed by atoms with Gasteiger partial charge < -0.3 is 10.1 Å². The lowest BCUT2D eigenvalue weighted by Crippen LogP contribution is -2.42. The smallest absolute Gasteiger partial charge is 0.320 e. The molecule has 0 saturated carbocycles. The number of anilines is 1. The Hall–Kier alpha value is -3.50. The van der Waals surface area contributed by atoms with E-state index in [4.69, 9.17) is 4.74 Å². The van der Waals surface area contributed by atoms with Crippen LogP contribution >= 0.6 is 0 Å². The topological polar surface area (TPSA) is 80.5 Å². The number of nitrogens with one attached hydrogen (secondary N) is 2. The van der Waals surface area contributed by atoms with Crippen LogP contribution in [0.3, 0.4) is 0 Å². The van der Waals surface area contributed by atoms with Crippen molar-refractivity contribution in [3.8, 4) is 11.1 Å². The van der Waals surface area contributed by atoms with Crippen LogP contribution in [0.5, 0.6) is 0 Å². The van der Waals surface area contributed by atoms with Crippen LogP contribution in [0.25, 0.3) is 11.1 Å². The Bertz CT molecular complexity index is 1260. The molecule has 186 valence electrons. The van der Waals surface area contributed by atoms with E-state index in [2.05, 4.69) is 15.5 Å². The summed E-state index contributed by atoms with van der Waals surface area (Å²) >= 11 is 0. The normalized spacial score (nSPS) is 18.1. The molecule has 2 amide bonds. The number of rotatable bonds is 7. The highest BCUT2D eigenvalue weighted by Crippen LogP contribution is 2.29. The maximum Gasteiger partial charge on any atom is 0.320 e. The molecule has 1 aliphatic heterocycles. The van der Waals surface area contributed by atoms with Crippen molar-refractivity contribution in [1.82, 2.24) is 19.6 Å². The molecule has 2 aromatic carbocycles. The quantitative estimate of drug-likeness (QED) is 0.539. The third-order valence-electron chi connectivity index (χ3n) is 6.51. The van der Waals surface area contributed by atoms with Crippen LogP contribution in [0.1, 0.15) is 11.5 Å². The number of carbonyl (C=O) groups excluding carboxylic acids is 1. The van der Waals surface area contributed by atoms with E-state index in [-0.39, 0.29) is 17.5 Å². The van der Waals surface area contributed by atoms with E-state index in [1.54, 1.807) is 32.0 Å². The summed E-state index contributed by atoms with van der Waals surface area (Å²) in [5, 5.41) is 5.81. The number of benzene rings is 2. The van der Waals surface area contributed by atoms with E-state index in [9.17, 15) is 18.4 Å². The van der Waals surface area contributed by atoms with Crippen molar-refractivity contribution in [1.29, 1.82) is 0 Å². The molecule has 1 fully saturated rings. The van der Waals surface area contributed by atoms with Crippen LogP contribution in [0.15, 0.2) is 53.3 Å². The van der Waals surface area contributed by atoms with Gasteiger partial charge in [-0.2, -0.15) is 0 Å². The van der Waals surface area contributed by atoms with Crippen molar-refractivity contribution in [3.05, 3.63) is 76.1 Å². The number of nitrogens with zero attached hydrogens (tertiary/aromatic N) is 3. The van der Waals surface area contributed by atoms with Crippen molar-refractivity contribution >= 4 is 11.8 Å². The molecule has 35 heavy (non-hydrogen) atoms. The Balaban J connectivity index is 1.58. The molecule has 1 aromatic heterocycles. The summed E-state index contributed by atoms with van der Waals surface area (Å²) in [6.07, 6.45) is 0. The van der Waals surface area contributed by atoms with Gasteiger partial charge in [-0.1, -0.05) is 36.4 Å². The second kappa shape index (κ2) is 10.4. The van der Waals surface area contributed by atoms with Crippen LogP contribution in [0, 0.1) is 11.6 Å². The van der Waals surface area contributed by atoms with Gasteiger partial charge >= 0.3 is 6.03 Å². The Labute approximate surface area is 202 Å². The van der Waals surface area contributed by atoms with E-state index in [1.165, 1.54) is 10.7 Å². The number of hydrogen-bond acceptors (Lipinski definition) is 4. The first-order valence-electron chi connectivity index (χ1n) is 11.3. The third kappa shape index (κ3) is 5.13. The largest absolute Gasteiger partial charge is 0.383 e. The van der Waals surface area contributed by atoms with Gasteiger partial charge in [0.25, 0.3) is 5.56 Å². The number of likely N-dealkylation sites (tertiary alicyclic amines) is 1. The molecular weight excluding hydrogens is 456 g/mol. The van der Waals surface area contributed by atoms with Gasteiger partial charge in [0.1, 0.15) is 5.82 Å². The van der Waals surface area contributed by atoms with E-state index in [0.717, 1.165) is 6.07 Å². The van der Waals surface area contributed by atoms with Gasteiger partial charge in [-0.3, -0.25) is 24.4 Å². The Morgan fingerprint density at radius 3 is 2.49 bits per heavy atom. The molecule has 1 aliphatic rings. The number of carbonyl (C=O) groups is 1. The SMILES string of the molecule is COCCN1CC(NC(=O)Nc2c(-c3ccccc3)c(=O)n(C)n2C)C(c2ccc(F)c(F)c2)C1. The van der Waals surface area contributed by atoms with Crippen LogP contribution in [-0.2, 0) is 18.8 Å². The number of aromatic nitrogens is 2. The fourth-order valence-corrected chi connectivity index (χ4v) is 4.55. The molecular formula is C25H29F2N5O3. The van der Waals surface area contributed by atoms with Gasteiger partial charge in [0.05, 0.1) is 18.2 Å².